The predicted octanol–water partition coefficient (Wildman–Crippen LogP) is 2.97. The van der Waals surface area contributed by atoms with Gasteiger partial charge < -0.3 is 5.73 Å². The van der Waals surface area contributed by atoms with E-state index in [0.29, 0.717) is 0 Å². The maximum absolute atomic E-state index is 13.1. The number of hydrogen-bond acceptors (Lipinski definition) is 3. The summed E-state index contributed by atoms with van der Waals surface area (Å²) in [6.07, 6.45) is 0.120. The van der Waals surface area contributed by atoms with E-state index in [9.17, 15) is 13.2 Å². The Morgan fingerprint density at radius 2 is 1.85 bits per heavy atom. The topological polar surface area (TPSA) is 42.1 Å². The highest BCUT2D eigenvalue weighted by molar-refractivity contribution is 5.31. The van der Waals surface area contributed by atoms with E-state index in [1.165, 1.54) is 6.20 Å². The van der Waals surface area contributed by atoms with Crippen molar-refractivity contribution in [1.82, 2.24) is 9.88 Å². The van der Waals surface area contributed by atoms with Gasteiger partial charge in [0.25, 0.3) is 0 Å². The van der Waals surface area contributed by atoms with Gasteiger partial charge in [0.1, 0.15) is 0 Å². The smallest absolute Gasteiger partial charge is 0.322 e. The van der Waals surface area contributed by atoms with Crippen molar-refractivity contribution >= 4 is 0 Å². The Labute approximate surface area is 117 Å². The summed E-state index contributed by atoms with van der Waals surface area (Å²) in [6, 6.07) is 0.265. The molecule has 2 rings (SSSR count). The van der Waals surface area contributed by atoms with Gasteiger partial charge in [-0.2, -0.15) is 13.2 Å². The third-order valence-corrected chi connectivity index (χ3v) is 4.17. The van der Waals surface area contributed by atoms with Gasteiger partial charge >= 0.3 is 6.18 Å². The van der Waals surface area contributed by atoms with Crippen molar-refractivity contribution in [1.29, 1.82) is 0 Å². The van der Waals surface area contributed by atoms with Crippen molar-refractivity contribution in [2.75, 3.05) is 13.1 Å². The lowest BCUT2D eigenvalue weighted by Crippen LogP contribution is -2.50. The van der Waals surface area contributed by atoms with Crippen LogP contribution in [0, 0.1) is 0 Å². The molecular weight excluding hydrogens is 267 g/mol. The van der Waals surface area contributed by atoms with Gasteiger partial charge in [0.05, 0.1) is 5.56 Å². The first-order valence-electron chi connectivity index (χ1n) is 6.76. The fraction of sp³-hybridized carbons (Fsp3) is 0.643. The van der Waals surface area contributed by atoms with Crippen molar-refractivity contribution in [3.63, 3.8) is 0 Å². The first kappa shape index (κ1) is 15.3. The molecule has 0 aliphatic carbocycles. The number of nitrogens with two attached hydrogens (primary N) is 1. The van der Waals surface area contributed by atoms with Crippen molar-refractivity contribution in [2.45, 2.75) is 44.4 Å². The minimum Gasteiger partial charge on any atom is -0.322 e. The lowest BCUT2D eigenvalue weighted by Gasteiger charge is -2.41. The first-order valence-corrected chi connectivity index (χ1v) is 6.76. The highest BCUT2D eigenvalue weighted by Gasteiger charge is 2.41. The van der Waals surface area contributed by atoms with Gasteiger partial charge in [0.2, 0.25) is 0 Å². The number of halogens is 3. The van der Waals surface area contributed by atoms with Gasteiger partial charge in [-0.3, -0.25) is 9.88 Å². The van der Waals surface area contributed by atoms with Gasteiger partial charge in [-0.25, -0.2) is 0 Å². The Balaban J connectivity index is 2.35. The van der Waals surface area contributed by atoms with Crippen LogP contribution in [0.1, 0.15) is 43.9 Å². The van der Waals surface area contributed by atoms with E-state index in [-0.39, 0.29) is 5.56 Å². The molecule has 1 aromatic rings. The molecule has 112 valence electrons. The molecule has 1 aromatic heterocycles. The molecule has 1 aliphatic heterocycles. The number of nitrogens with zero attached hydrogens (tertiary/aromatic N) is 2. The summed E-state index contributed by atoms with van der Waals surface area (Å²) in [5, 5.41) is 0. The molecule has 3 nitrogen and oxygen atoms in total. The SMILES string of the molecule is CC(C)(C(N)c1cnccc1C(F)(F)F)N1CCCC1. The van der Waals surface area contributed by atoms with Gasteiger partial charge in [-0.1, -0.05) is 0 Å². The second kappa shape index (κ2) is 5.33. The molecule has 20 heavy (non-hydrogen) atoms. The highest BCUT2D eigenvalue weighted by Crippen LogP contribution is 2.38. The summed E-state index contributed by atoms with van der Waals surface area (Å²) in [6.45, 7) is 5.55. The van der Waals surface area contributed by atoms with Crippen LogP contribution in [0.4, 0.5) is 13.2 Å². The van der Waals surface area contributed by atoms with Gasteiger partial charge in [-0.15, -0.1) is 0 Å². The molecule has 1 atom stereocenters. The normalized spacial score (nSPS) is 19.3. The number of likely N-dealkylation sites (tertiary alicyclic amines) is 1. The fourth-order valence-electron chi connectivity index (χ4n) is 2.78. The summed E-state index contributed by atoms with van der Waals surface area (Å²) in [5.41, 5.74) is 5.02. The number of aromatic nitrogens is 1. The van der Waals surface area contributed by atoms with Crippen LogP contribution in [0.2, 0.25) is 0 Å². The number of pyridine rings is 1. The van der Waals surface area contributed by atoms with Gasteiger partial charge in [0.15, 0.2) is 0 Å². The van der Waals surface area contributed by atoms with Crippen LogP contribution in [0.15, 0.2) is 18.5 Å². The minimum absolute atomic E-state index is 0.0666. The second-order valence-corrected chi connectivity index (χ2v) is 5.79. The molecule has 0 radical (unpaired) electrons. The largest absolute Gasteiger partial charge is 0.416 e. The molecule has 1 fully saturated rings. The molecule has 6 heteroatoms. The molecule has 1 unspecified atom stereocenters. The summed E-state index contributed by atoms with van der Waals surface area (Å²) in [4.78, 5) is 5.98. The minimum atomic E-state index is -4.41. The highest BCUT2D eigenvalue weighted by atomic mass is 19.4. The predicted molar refractivity (Wildman–Crippen MR) is 71.1 cm³/mol. The molecule has 0 saturated carbocycles. The van der Waals surface area contributed by atoms with E-state index in [2.05, 4.69) is 9.88 Å². The van der Waals surface area contributed by atoms with E-state index in [1.54, 1.807) is 0 Å². The Kier molecular flexibility index (Phi) is 4.07. The van der Waals surface area contributed by atoms with Gasteiger partial charge in [0, 0.05) is 29.5 Å². The Hall–Kier alpha value is -1.14. The third kappa shape index (κ3) is 2.81. The fourth-order valence-corrected chi connectivity index (χ4v) is 2.78. The third-order valence-electron chi connectivity index (χ3n) is 4.17. The molecule has 1 saturated heterocycles. The lowest BCUT2D eigenvalue weighted by atomic mass is 9.86. The molecule has 2 N–H and O–H groups in total. The van der Waals surface area contributed by atoms with Crippen LogP contribution in [0.25, 0.3) is 0 Å². The monoisotopic (exact) mass is 287 g/mol. The number of hydrogen-bond donors (Lipinski definition) is 1. The first-order chi connectivity index (χ1) is 9.24. The van der Waals surface area contributed by atoms with Crippen molar-refractivity contribution in [3.05, 3.63) is 29.6 Å². The van der Waals surface area contributed by atoms with E-state index in [4.69, 9.17) is 5.73 Å². The molecular formula is C14H20F3N3. The standard InChI is InChI=1S/C14H20F3N3/c1-13(2,20-7-3-4-8-20)12(18)10-9-19-6-5-11(10)14(15,16)17/h5-6,9,12H,3-4,7-8,18H2,1-2H3. The van der Waals surface area contributed by atoms with Crippen molar-refractivity contribution < 1.29 is 13.2 Å². The van der Waals surface area contributed by atoms with Crippen LogP contribution < -0.4 is 5.73 Å². The Morgan fingerprint density at radius 3 is 2.40 bits per heavy atom. The number of rotatable bonds is 3. The van der Waals surface area contributed by atoms with Crippen LogP contribution in [0.3, 0.4) is 0 Å². The maximum Gasteiger partial charge on any atom is 0.416 e. The van der Waals surface area contributed by atoms with E-state index >= 15 is 0 Å². The molecule has 1 aliphatic rings. The average molecular weight is 287 g/mol. The van der Waals surface area contributed by atoms with E-state index in [1.807, 2.05) is 13.8 Å². The van der Waals surface area contributed by atoms with Crippen LogP contribution in [-0.2, 0) is 6.18 Å². The zero-order chi connectivity index (χ0) is 15.0. The summed E-state index contributed by atoms with van der Waals surface area (Å²) in [7, 11) is 0. The van der Waals surface area contributed by atoms with Crippen molar-refractivity contribution in [3.8, 4) is 0 Å². The van der Waals surface area contributed by atoms with E-state index < -0.39 is 23.3 Å². The molecule has 0 bridgehead atoms. The Morgan fingerprint density at radius 1 is 1.25 bits per heavy atom. The second-order valence-electron chi connectivity index (χ2n) is 5.79. The molecule has 0 aromatic carbocycles. The number of alkyl halides is 3. The summed E-state index contributed by atoms with van der Waals surface area (Å²) < 4.78 is 39.2. The Bertz CT molecular complexity index is 465. The average Bonchev–Trinajstić information content (AvgIpc) is 2.91. The quantitative estimate of drug-likeness (QED) is 0.929. The lowest BCUT2D eigenvalue weighted by molar-refractivity contribution is -0.138. The molecule has 2 heterocycles. The summed E-state index contributed by atoms with van der Waals surface area (Å²) >= 11 is 0. The van der Waals surface area contributed by atoms with E-state index in [0.717, 1.165) is 38.2 Å². The summed E-state index contributed by atoms with van der Waals surface area (Å²) in [5.74, 6) is 0. The molecule has 0 amide bonds. The zero-order valence-corrected chi connectivity index (χ0v) is 11.7. The molecule has 0 spiro atoms. The van der Waals surface area contributed by atoms with Crippen LogP contribution in [-0.4, -0.2) is 28.5 Å². The maximum atomic E-state index is 13.1. The zero-order valence-electron chi connectivity index (χ0n) is 11.7. The van der Waals surface area contributed by atoms with Crippen LogP contribution in [0.5, 0.6) is 0 Å². The van der Waals surface area contributed by atoms with Crippen molar-refractivity contribution in [2.24, 2.45) is 5.73 Å². The van der Waals surface area contributed by atoms with Gasteiger partial charge in [-0.05, 0) is 45.8 Å². The van der Waals surface area contributed by atoms with Crippen LogP contribution >= 0.6 is 0 Å².